The number of nitrogens with zero attached hydrogens (tertiary/aromatic N) is 1. The molecule has 5 heteroatoms. The number of benzene rings is 2. The summed E-state index contributed by atoms with van der Waals surface area (Å²) in [5.74, 6) is -0.358. The highest BCUT2D eigenvalue weighted by atomic mass is 16.3. The van der Waals surface area contributed by atoms with Crippen LogP contribution < -0.4 is 0 Å². The van der Waals surface area contributed by atoms with Crippen LogP contribution in [0.4, 0.5) is 0 Å². The molecule has 0 bridgehead atoms. The first-order valence-electron chi connectivity index (χ1n) is 9.42. The Balaban J connectivity index is 1.68. The fourth-order valence-electron chi connectivity index (χ4n) is 3.76. The number of aryl methyl sites for hydroxylation is 1. The van der Waals surface area contributed by atoms with Crippen LogP contribution in [0.1, 0.15) is 41.7 Å². The Kier molecular flexibility index (Phi) is 4.51. The molecule has 2 aromatic heterocycles. The number of nitrogens with one attached hydrogen (secondary N) is 1. The Hall–Kier alpha value is -3.34. The maximum Gasteiger partial charge on any atom is 0.295 e. The van der Waals surface area contributed by atoms with Gasteiger partial charge < -0.3 is 14.3 Å². The average molecular weight is 374 g/mol. The molecule has 2 heterocycles. The second-order valence-corrected chi connectivity index (χ2v) is 6.95. The third kappa shape index (κ3) is 2.89. The van der Waals surface area contributed by atoms with Gasteiger partial charge >= 0.3 is 0 Å². The van der Waals surface area contributed by atoms with Crippen LogP contribution >= 0.6 is 0 Å². The monoisotopic (exact) mass is 374 g/mol. The van der Waals surface area contributed by atoms with E-state index in [-0.39, 0.29) is 6.04 Å². The molecule has 4 rings (SSSR count). The minimum absolute atomic E-state index is 0.348. The maximum absolute atomic E-state index is 13.1. The minimum atomic E-state index is -0.525. The van der Waals surface area contributed by atoms with Crippen molar-refractivity contribution in [2.45, 2.75) is 26.8 Å². The van der Waals surface area contributed by atoms with E-state index in [1.54, 1.807) is 4.90 Å². The zero-order valence-electron chi connectivity index (χ0n) is 16.2. The highest BCUT2D eigenvalue weighted by molar-refractivity contribution is 6.45. The molecule has 0 spiro atoms. The van der Waals surface area contributed by atoms with Crippen LogP contribution in [0.25, 0.3) is 21.9 Å². The van der Waals surface area contributed by atoms with E-state index >= 15 is 0 Å². The van der Waals surface area contributed by atoms with Gasteiger partial charge in [0.25, 0.3) is 11.7 Å². The van der Waals surface area contributed by atoms with E-state index in [0.717, 1.165) is 21.9 Å². The summed E-state index contributed by atoms with van der Waals surface area (Å²) in [7, 11) is 0. The number of fused-ring (bicyclic) bond motifs is 2. The van der Waals surface area contributed by atoms with Gasteiger partial charge in [0, 0.05) is 28.5 Å². The van der Waals surface area contributed by atoms with Gasteiger partial charge in [-0.2, -0.15) is 0 Å². The van der Waals surface area contributed by atoms with Crippen molar-refractivity contribution < 1.29 is 14.0 Å². The van der Waals surface area contributed by atoms with Gasteiger partial charge in [-0.1, -0.05) is 36.4 Å². The minimum Gasteiger partial charge on any atom is -0.459 e. The van der Waals surface area contributed by atoms with Gasteiger partial charge in [-0.25, -0.2) is 0 Å². The molecular weight excluding hydrogens is 352 g/mol. The van der Waals surface area contributed by atoms with Gasteiger partial charge in [0.15, 0.2) is 0 Å². The number of aromatic nitrogens is 1. The quantitative estimate of drug-likeness (QED) is 0.394. The SMILES string of the molecule is CCN(C(=O)C(=O)c1c(C)[nH]c2ccccc12)[C@H](C)c1cc2ccccc2o1. The number of furan rings is 1. The molecule has 1 atom stereocenters. The fraction of sp³-hybridized carbons (Fsp3) is 0.217. The Morgan fingerprint density at radius 2 is 1.82 bits per heavy atom. The summed E-state index contributed by atoms with van der Waals surface area (Å²) in [4.78, 5) is 31.0. The molecule has 28 heavy (non-hydrogen) atoms. The van der Waals surface area contributed by atoms with Gasteiger partial charge in [-0.3, -0.25) is 9.59 Å². The Morgan fingerprint density at radius 3 is 2.57 bits per heavy atom. The summed E-state index contributed by atoms with van der Waals surface area (Å²) >= 11 is 0. The van der Waals surface area contributed by atoms with Gasteiger partial charge in [-0.15, -0.1) is 0 Å². The number of Topliss-reactive ketones (excluding diaryl/α,β-unsaturated/α-hetero) is 1. The van der Waals surface area contributed by atoms with Crippen LogP contribution in [0.3, 0.4) is 0 Å². The summed E-state index contributed by atoms with van der Waals surface area (Å²) in [5.41, 5.74) is 2.76. The van der Waals surface area contributed by atoms with Crippen molar-refractivity contribution in [2.24, 2.45) is 0 Å². The lowest BCUT2D eigenvalue weighted by Crippen LogP contribution is -2.38. The van der Waals surface area contributed by atoms with E-state index in [2.05, 4.69) is 4.98 Å². The molecular formula is C23H22N2O3. The average Bonchev–Trinajstić information content (AvgIpc) is 3.27. The van der Waals surface area contributed by atoms with Crippen LogP contribution in [0.2, 0.25) is 0 Å². The Morgan fingerprint density at radius 1 is 1.11 bits per heavy atom. The molecule has 4 aromatic rings. The van der Waals surface area contributed by atoms with E-state index in [1.807, 2.05) is 75.4 Å². The topological polar surface area (TPSA) is 66.3 Å². The van der Waals surface area contributed by atoms with Gasteiger partial charge in [-0.05, 0) is 39.0 Å². The molecule has 0 saturated carbocycles. The molecule has 0 radical (unpaired) electrons. The molecule has 142 valence electrons. The lowest BCUT2D eigenvalue weighted by atomic mass is 10.0. The zero-order valence-corrected chi connectivity index (χ0v) is 16.2. The number of ketones is 1. The van der Waals surface area contributed by atoms with Crippen LogP contribution in [0.5, 0.6) is 0 Å². The number of hydrogen-bond acceptors (Lipinski definition) is 3. The largest absolute Gasteiger partial charge is 0.459 e. The molecule has 1 N–H and O–H groups in total. The molecule has 0 fully saturated rings. The first-order valence-corrected chi connectivity index (χ1v) is 9.42. The summed E-state index contributed by atoms with van der Waals surface area (Å²) in [6.45, 7) is 5.98. The lowest BCUT2D eigenvalue weighted by Gasteiger charge is -2.26. The van der Waals surface area contributed by atoms with Crippen molar-refractivity contribution in [1.82, 2.24) is 9.88 Å². The third-order valence-electron chi connectivity index (χ3n) is 5.24. The first kappa shape index (κ1) is 18.0. The fourth-order valence-corrected chi connectivity index (χ4v) is 3.76. The highest BCUT2D eigenvalue weighted by Crippen LogP contribution is 2.29. The smallest absolute Gasteiger partial charge is 0.295 e. The summed E-state index contributed by atoms with van der Waals surface area (Å²) < 4.78 is 5.92. The number of amides is 1. The highest BCUT2D eigenvalue weighted by Gasteiger charge is 2.31. The summed E-state index contributed by atoms with van der Waals surface area (Å²) in [5, 5.41) is 1.75. The van der Waals surface area contributed by atoms with E-state index in [4.69, 9.17) is 4.42 Å². The number of rotatable bonds is 5. The second-order valence-electron chi connectivity index (χ2n) is 6.95. The van der Waals surface area contributed by atoms with E-state index < -0.39 is 11.7 Å². The van der Waals surface area contributed by atoms with Crippen molar-refractivity contribution in [1.29, 1.82) is 0 Å². The number of aromatic amines is 1. The number of hydrogen-bond donors (Lipinski definition) is 1. The number of H-pyrrole nitrogens is 1. The third-order valence-corrected chi connectivity index (χ3v) is 5.24. The van der Waals surface area contributed by atoms with Gasteiger partial charge in [0.2, 0.25) is 0 Å². The van der Waals surface area contributed by atoms with Gasteiger partial charge in [0.05, 0.1) is 11.6 Å². The summed E-state index contributed by atoms with van der Waals surface area (Å²) in [6, 6.07) is 16.8. The Bertz CT molecular complexity index is 1150. The van der Waals surface area contributed by atoms with E-state index in [0.29, 0.717) is 23.6 Å². The zero-order chi connectivity index (χ0) is 19.8. The standard InChI is InChI=1S/C23H22N2O3/c1-4-25(15(3)20-13-16-9-5-8-12-19(16)28-20)23(27)22(26)21-14(2)24-18-11-7-6-10-17(18)21/h5-13,15,24H,4H2,1-3H3/t15-/m1/s1. The maximum atomic E-state index is 13.1. The van der Waals surface area contributed by atoms with E-state index in [9.17, 15) is 9.59 Å². The van der Waals surface area contributed by atoms with Crippen LogP contribution in [0, 0.1) is 6.92 Å². The van der Waals surface area contributed by atoms with Crippen LogP contribution in [0.15, 0.2) is 59.0 Å². The Labute approximate surface area is 162 Å². The molecule has 2 aromatic carbocycles. The molecule has 0 aliphatic heterocycles. The number of carbonyl (C=O) groups excluding carboxylic acids is 2. The van der Waals surface area contributed by atoms with E-state index in [1.165, 1.54) is 0 Å². The molecule has 0 unspecified atom stereocenters. The first-order chi connectivity index (χ1) is 13.5. The lowest BCUT2D eigenvalue weighted by molar-refractivity contribution is -0.128. The predicted molar refractivity (Wildman–Crippen MR) is 109 cm³/mol. The predicted octanol–water partition coefficient (Wildman–Crippen LogP) is 5.01. The number of para-hydroxylation sites is 2. The molecule has 5 nitrogen and oxygen atoms in total. The van der Waals surface area contributed by atoms with Crippen molar-refractivity contribution in [2.75, 3.05) is 6.54 Å². The van der Waals surface area contributed by atoms with Crippen LogP contribution in [-0.2, 0) is 4.79 Å². The molecule has 0 aliphatic carbocycles. The van der Waals surface area contributed by atoms with Crippen molar-refractivity contribution in [3.63, 3.8) is 0 Å². The molecule has 0 saturated heterocycles. The normalized spacial score (nSPS) is 12.4. The second kappa shape index (κ2) is 7.00. The number of likely N-dealkylation sites (N-methyl/N-ethyl adjacent to an activating group) is 1. The van der Waals surface area contributed by atoms with Gasteiger partial charge in [0.1, 0.15) is 11.3 Å². The van der Waals surface area contributed by atoms with Crippen molar-refractivity contribution in [3.05, 3.63) is 71.6 Å². The van der Waals surface area contributed by atoms with Crippen molar-refractivity contribution in [3.8, 4) is 0 Å². The van der Waals surface area contributed by atoms with Crippen LogP contribution in [-0.4, -0.2) is 28.1 Å². The number of carbonyl (C=O) groups is 2. The van der Waals surface area contributed by atoms with Crippen molar-refractivity contribution >= 4 is 33.6 Å². The molecule has 0 aliphatic rings. The molecule has 1 amide bonds. The summed E-state index contributed by atoms with van der Waals surface area (Å²) in [6.07, 6.45) is 0.